The van der Waals surface area contributed by atoms with Crippen molar-refractivity contribution in [1.29, 1.82) is 0 Å². The Morgan fingerprint density at radius 3 is 2.77 bits per heavy atom. The molecule has 1 amide bonds. The van der Waals surface area contributed by atoms with Gasteiger partial charge in [0.2, 0.25) is 0 Å². The van der Waals surface area contributed by atoms with Crippen molar-refractivity contribution in [2.24, 2.45) is 10.9 Å². The number of aromatic nitrogens is 1. The van der Waals surface area contributed by atoms with Crippen LogP contribution in [0.3, 0.4) is 0 Å². The Kier molecular flexibility index (Phi) is 7.78. The molecule has 0 aliphatic carbocycles. The predicted octanol–water partition coefficient (Wildman–Crippen LogP) is 3.76. The van der Waals surface area contributed by atoms with E-state index in [0.717, 1.165) is 21.6 Å². The van der Waals surface area contributed by atoms with Crippen LogP contribution < -0.4 is 4.80 Å². The molecule has 1 atom stereocenters. The maximum absolute atomic E-state index is 13.1. The summed E-state index contributed by atoms with van der Waals surface area (Å²) < 4.78 is 35.4. The van der Waals surface area contributed by atoms with Crippen LogP contribution in [0.4, 0.5) is 0 Å². The first-order valence-electron chi connectivity index (χ1n) is 10.8. The van der Waals surface area contributed by atoms with E-state index in [2.05, 4.69) is 10.9 Å². The van der Waals surface area contributed by atoms with Crippen molar-refractivity contribution in [2.45, 2.75) is 30.5 Å². The molecule has 4 rings (SSSR count). The Labute approximate surface area is 215 Å². The van der Waals surface area contributed by atoms with Crippen molar-refractivity contribution in [3.63, 3.8) is 0 Å². The number of carbonyl (C=O) groups excluding carboxylic acids is 2. The van der Waals surface area contributed by atoms with E-state index in [1.165, 1.54) is 21.7 Å². The number of amides is 1. The van der Waals surface area contributed by atoms with Gasteiger partial charge in [-0.3, -0.25) is 4.79 Å². The number of terminal acetylenes is 1. The highest BCUT2D eigenvalue weighted by Gasteiger charge is 2.34. The third-order valence-corrected chi connectivity index (χ3v) is 10.1. The smallest absolute Gasteiger partial charge is 0.338 e. The number of thiazole rings is 1. The Morgan fingerprint density at radius 2 is 2.09 bits per heavy atom. The summed E-state index contributed by atoms with van der Waals surface area (Å²) in [4.78, 5) is 30.0. The van der Waals surface area contributed by atoms with E-state index in [-0.39, 0.29) is 23.9 Å². The van der Waals surface area contributed by atoms with Gasteiger partial charge in [0, 0.05) is 13.1 Å². The third kappa shape index (κ3) is 5.37. The van der Waals surface area contributed by atoms with Gasteiger partial charge in [-0.2, -0.15) is 9.30 Å². The van der Waals surface area contributed by atoms with Crippen LogP contribution in [0.2, 0.25) is 4.34 Å². The molecule has 1 aliphatic heterocycles. The molecule has 8 nitrogen and oxygen atoms in total. The van der Waals surface area contributed by atoms with Crippen LogP contribution in [-0.4, -0.2) is 48.9 Å². The van der Waals surface area contributed by atoms with Crippen molar-refractivity contribution >= 4 is 66.4 Å². The molecule has 0 N–H and O–H groups in total. The minimum atomic E-state index is -3.73. The molecule has 2 aromatic heterocycles. The molecule has 0 spiro atoms. The normalized spacial score (nSPS) is 17.4. The van der Waals surface area contributed by atoms with Crippen LogP contribution >= 0.6 is 34.3 Å². The number of rotatable bonds is 6. The van der Waals surface area contributed by atoms with Crippen LogP contribution in [-0.2, 0) is 26.1 Å². The van der Waals surface area contributed by atoms with Gasteiger partial charge in [0.05, 0.1) is 39.2 Å². The van der Waals surface area contributed by atoms with E-state index in [1.807, 2.05) is 0 Å². The van der Waals surface area contributed by atoms with Crippen molar-refractivity contribution < 1.29 is 22.7 Å². The van der Waals surface area contributed by atoms with Crippen molar-refractivity contribution in [1.82, 2.24) is 8.87 Å². The van der Waals surface area contributed by atoms with Gasteiger partial charge in [0.1, 0.15) is 4.21 Å². The van der Waals surface area contributed by atoms with Gasteiger partial charge in [-0.05, 0) is 50.1 Å². The van der Waals surface area contributed by atoms with Gasteiger partial charge in [0.15, 0.2) is 4.80 Å². The van der Waals surface area contributed by atoms with Gasteiger partial charge in [-0.15, -0.1) is 17.8 Å². The summed E-state index contributed by atoms with van der Waals surface area (Å²) in [6, 6.07) is 8.10. The van der Waals surface area contributed by atoms with Gasteiger partial charge in [-0.1, -0.05) is 28.9 Å². The summed E-state index contributed by atoms with van der Waals surface area (Å²) >= 11 is 8.15. The summed E-state index contributed by atoms with van der Waals surface area (Å²) in [5.41, 5.74) is 1.14. The topological polar surface area (TPSA) is 98.0 Å². The van der Waals surface area contributed by atoms with Gasteiger partial charge in [-0.25, -0.2) is 13.2 Å². The zero-order valence-electron chi connectivity index (χ0n) is 18.8. The molecule has 0 bridgehead atoms. The number of carbonyl (C=O) groups is 2. The lowest BCUT2D eigenvalue weighted by atomic mass is 9.99. The molecule has 35 heavy (non-hydrogen) atoms. The lowest BCUT2D eigenvalue weighted by Crippen LogP contribution is -2.42. The second-order valence-electron chi connectivity index (χ2n) is 7.79. The predicted molar refractivity (Wildman–Crippen MR) is 136 cm³/mol. The third-order valence-electron chi connectivity index (χ3n) is 5.53. The fourth-order valence-corrected chi connectivity index (χ4v) is 8.09. The maximum atomic E-state index is 13.1. The highest BCUT2D eigenvalue weighted by atomic mass is 35.5. The zero-order valence-corrected chi connectivity index (χ0v) is 22.0. The Balaban J connectivity index is 1.64. The molecule has 184 valence electrons. The quantitative estimate of drug-likeness (QED) is 0.343. The SMILES string of the molecule is C#CCn1c(=NC(=O)C2CCCN(S(=O)(=O)c3ccc(Cl)s3)C2)sc2cc(C(=O)OCC)ccc21. The lowest BCUT2D eigenvalue weighted by Gasteiger charge is -2.29. The van der Waals surface area contributed by atoms with Gasteiger partial charge >= 0.3 is 5.97 Å². The number of thiophene rings is 1. The second kappa shape index (κ2) is 10.6. The summed E-state index contributed by atoms with van der Waals surface area (Å²) in [6.45, 7) is 2.57. The minimum Gasteiger partial charge on any atom is -0.462 e. The Bertz CT molecular complexity index is 1500. The highest BCUT2D eigenvalue weighted by molar-refractivity contribution is 7.91. The first kappa shape index (κ1) is 25.6. The van der Waals surface area contributed by atoms with E-state index in [9.17, 15) is 18.0 Å². The molecule has 1 aliphatic rings. The number of fused-ring (bicyclic) bond motifs is 1. The van der Waals surface area contributed by atoms with Crippen LogP contribution in [0.5, 0.6) is 0 Å². The van der Waals surface area contributed by atoms with Crippen molar-refractivity contribution in [3.05, 3.63) is 45.0 Å². The molecular weight excluding hydrogens is 530 g/mol. The fraction of sp³-hybridized carbons (Fsp3) is 0.348. The minimum absolute atomic E-state index is 0.0488. The number of hydrogen-bond acceptors (Lipinski definition) is 7. The summed E-state index contributed by atoms with van der Waals surface area (Å²) in [7, 11) is -3.73. The van der Waals surface area contributed by atoms with E-state index in [4.69, 9.17) is 22.8 Å². The molecule has 1 aromatic carbocycles. The second-order valence-corrected chi connectivity index (χ2v) is 12.7. The number of piperidine rings is 1. The average molecular weight is 552 g/mol. The molecular formula is C23H22ClN3O5S3. The monoisotopic (exact) mass is 551 g/mol. The largest absolute Gasteiger partial charge is 0.462 e. The van der Waals surface area contributed by atoms with Crippen molar-refractivity contribution in [3.8, 4) is 12.3 Å². The number of esters is 1. The Hall–Kier alpha value is -2.49. The first-order chi connectivity index (χ1) is 16.7. The number of halogens is 1. The number of nitrogens with zero attached hydrogens (tertiary/aromatic N) is 3. The number of hydrogen-bond donors (Lipinski definition) is 0. The maximum Gasteiger partial charge on any atom is 0.338 e. The highest BCUT2D eigenvalue weighted by Crippen LogP contribution is 2.31. The summed E-state index contributed by atoms with van der Waals surface area (Å²) in [6.07, 6.45) is 6.63. The average Bonchev–Trinajstić information content (AvgIpc) is 3.43. The molecule has 1 unspecified atom stereocenters. The van der Waals surface area contributed by atoms with Crippen LogP contribution in [0, 0.1) is 18.3 Å². The molecule has 3 aromatic rings. The number of ether oxygens (including phenoxy) is 1. The van der Waals surface area contributed by atoms with Crippen LogP contribution in [0.1, 0.15) is 30.1 Å². The number of benzene rings is 1. The molecule has 1 saturated heterocycles. The van der Waals surface area contributed by atoms with Gasteiger partial charge in [0.25, 0.3) is 15.9 Å². The fourth-order valence-electron chi connectivity index (χ4n) is 3.86. The van der Waals surface area contributed by atoms with E-state index < -0.39 is 27.8 Å². The van der Waals surface area contributed by atoms with E-state index in [0.29, 0.717) is 34.1 Å². The van der Waals surface area contributed by atoms with Crippen LogP contribution in [0.15, 0.2) is 39.5 Å². The summed E-state index contributed by atoms with van der Waals surface area (Å²) in [5.74, 6) is 1.15. The van der Waals surface area contributed by atoms with Gasteiger partial charge < -0.3 is 9.30 Å². The molecule has 0 radical (unpaired) electrons. The number of sulfonamides is 1. The first-order valence-corrected chi connectivity index (χ1v) is 14.3. The molecule has 1 fully saturated rings. The van der Waals surface area contributed by atoms with Crippen molar-refractivity contribution in [2.75, 3.05) is 19.7 Å². The molecule has 0 saturated carbocycles. The van der Waals surface area contributed by atoms with E-state index >= 15 is 0 Å². The molecule has 12 heteroatoms. The van der Waals surface area contributed by atoms with Crippen LogP contribution in [0.25, 0.3) is 10.2 Å². The molecule has 3 heterocycles. The van der Waals surface area contributed by atoms with E-state index in [1.54, 1.807) is 35.8 Å². The lowest BCUT2D eigenvalue weighted by molar-refractivity contribution is -0.122. The zero-order chi connectivity index (χ0) is 25.2. The Morgan fingerprint density at radius 1 is 1.29 bits per heavy atom. The standard InChI is InChI=1S/C23H22ClN3O5S3/c1-3-11-27-17-8-7-15(22(29)32-4-2)13-18(17)33-23(27)25-21(28)16-6-5-12-26(14-16)35(30,31)20-10-9-19(24)34-20/h1,7-10,13,16H,4-6,11-12,14H2,2H3. The summed E-state index contributed by atoms with van der Waals surface area (Å²) in [5, 5.41) is 0.